The molecule has 0 spiro atoms. The average molecular weight is 825 g/mol. The molecule has 1 aromatic heterocycles. The van der Waals surface area contributed by atoms with Gasteiger partial charge in [-0.3, -0.25) is 9.36 Å². The van der Waals surface area contributed by atoms with Gasteiger partial charge in [0.05, 0.1) is 56.7 Å². The van der Waals surface area contributed by atoms with Crippen molar-refractivity contribution in [1.29, 1.82) is 0 Å². The number of fused-ring (bicyclic) bond motifs is 1. The lowest BCUT2D eigenvalue weighted by Crippen LogP contribution is -2.40. The number of nitrogens with zero attached hydrogens (tertiary/aromatic N) is 2. The summed E-state index contributed by atoms with van der Waals surface area (Å²) in [7, 11) is 1.26. The number of carbonyl (C=O) groups excluding carboxylic acids is 2. The molecule has 1 atom stereocenters. The Morgan fingerprint density at radius 1 is 0.980 bits per heavy atom. The van der Waals surface area contributed by atoms with E-state index in [0.717, 1.165) is 16.9 Å². The lowest BCUT2D eigenvalue weighted by Gasteiger charge is -2.25. The highest BCUT2D eigenvalue weighted by atomic mass is 79.9. The third-order valence-electron chi connectivity index (χ3n) is 7.36. The minimum Gasteiger partial charge on any atom is -0.490 e. The summed E-state index contributed by atoms with van der Waals surface area (Å²) >= 11 is 23.4. The van der Waals surface area contributed by atoms with E-state index >= 15 is 0 Å². The second-order valence-electron chi connectivity index (χ2n) is 10.6. The van der Waals surface area contributed by atoms with Crippen LogP contribution in [0.15, 0.2) is 74.1 Å². The number of hydrogen-bond donors (Lipinski definition) is 0. The Labute approximate surface area is 314 Å². The van der Waals surface area contributed by atoms with Crippen molar-refractivity contribution in [2.45, 2.75) is 33.4 Å². The summed E-state index contributed by atoms with van der Waals surface area (Å²) in [6.07, 6.45) is 1.67. The Hall–Kier alpha value is -3.81. The number of hydrogen-bond acceptors (Lipinski definition) is 10. The number of carbonyl (C=O) groups is 2. The third-order valence-corrected chi connectivity index (χ3v) is 9.89. The van der Waals surface area contributed by atoms with E-state index in [1.807, 2.05) is 0 Å². The number of benzene rings is 3. The van der Waals surface area contributed by atoms with Gasteiger partial charge in [-0.2, -0.15) is 0 Å². The zero-order valence-corrected chi connectivity index (χ0v) is 31.9. The van der Waals surface area contributed by atoms with Crippen molar-refractivity contribution in [3.63, 3.8) is 0 Å². The van der Waals surface area contributed by atoms with Crippen molar-refractivity contribution < 1.29 is 33.3 Å². The highest BCUT2D eigenvalue weighted by Crippen LogP contribution is 2.37. The Morgan fingerprint density at radius 3 is 2.46 bits per heavy atom. The van der Waals surface area contributed by atoms with Crippen LogP contribution in [-0.2, 0) is 25.7 Å². The summed E-state index contributed by atoms with van der Waals surface area (Å²) in [6.45, 7) is 5.40. The van der Waals surface area contributed by atoms with E-state index < -0.39 is 23.5 Å². The number of thiazole rings is 1. The molecule has 0 N–H and O–H groups in total. The van der Waals surface area contributed by atoms with Gasteiger partial charge in [0.2, 0.25) is 0 Å². The number of ether oxygens (including phenoxy) is 5. The Balaban J connectivity index is 1.64. The number of methoxy groups -OCH3 is 1. The first-order chi connectivity index (χ1) is 23.9. The molecule has 3 aromatic carbocycles. The molecule has 2 heterocycles. The highest BCUT2D eigenvalue weighted by Gasteiger charge is 2.34. The standard InChI is InChI=1S/C35H30BrCl3N2O8S/c1-5-46-27-13-20(8-10-26(27)48-17-29(42)45-4)31-30(34(44)47-6-2)18(3)40-35-41(31)33(43)28(50-35)14-21-12-22(37)15-23(36)32(21)49-16-19-7-9-24(38)25(39)11-19/h7-15,31H,5-6,16-17H2,1-4H3/b28-14+/t31-/m1/s1. The first kappa shape index (κ1) is 37.4. The minimum atomic E-state index is -0.933. The maximum absolute atomic E-state index is 14.3. The molecule has 15 heteroatoms. The van der Waals surface area contributed by atoms with Crippen LogP contribution in [0.5, 0.6) is 17.2 Å². The fourth-order valence-electron chi connectivity index (χ4n) is 5.15. The third kappa shape index (κ3) is 8.21. The quantitative estimate of drug-likeness (QED) is 0.140. The van der Waals surface area contributed by atoms with Crippen molar-refractivity contribution in [1.82, 2.24) is 4.57 Å². The summed E-state index contributed by atoms with van der Waals surface area (Å²) in [4.78, 5) is 44.5. The molecule has 1 aliphatic heterocycles. The van der Waals surface area contributed by atoms with Crippen molar-refractivity contribution in [2.24, 2.45) is 4.99 Å². The largest absolute Gasteiger partial charge is 0.490 e. The van der Waals surface area contributed by atoms with E-state index in [1.54, 1.807) is 75.4 Å². The molecule has 10 nitrogen and oxygen atoms in total. The topological polar surface area (TPSA) is 115 Å². The zero-order chi connectivity index (χ0) is 36.1. The predicted molar refractivity (Wildman–Crippen MR) is 195 cm³/mol. The van der Waals surface area contributed by atoms with Crippen molar-refractivity contribution in [2.75, 3.05) is 26.9 Å². The molecule has 0 radical (unpaired) electrons. The first-order valence-electron chi connectivity index (χ1n) is 15.2. The van der Waals surface area contributed by atoms with Crippen LogP contribution in [0, 0.1) is 0 Å². The van der Waals surface area contributed by atoms with Crippen molar-refractivity contribution >= 4 is 80.1 Å². The molecule has 50 heavy (non-hydrogen) atoms. The number of esters is 2. The van der Waals surface area contributed by atoms with Gasteiger partial charge in [-0.25, -0.2) is 14.6 Å². The Kier molecular flexibility index (Phi) is 12.3. The van der Waals surface area contributed by atoms with Crippen LogP contribution in [0.2, 0.25) is 15.1 Å². The normalized spacial score (nSPS) is 14.2. The van der Waals surface area contributed by atoms with Gasteiger partial charge in [-0.05, 0) is 90.3 Å². The van der Waals surface area contributed by atoms with Gasteiger partial charge in [0.25, 0.3) is 5.56 Å². The predicted octanol–water partition coefficient (Wildman–Crippen LogP) is 7.05. The molecule has 4 aromatic rings. The minimum absolute atomic E-state index is 0.117. The van der Waals surface area contributed by atoms with E-state index in [-0.39, 0.29) is 37.8 Å². The summed E-state index contributed by atoms with van der Waals surface area (Å²) < 4.78 is 30.1. The monoisotopic (exact) mass is 822 g/mol. The number of rotatable bonds is 12. The van der Waals surface area contributed by atoms with Crippen LogP contribution in [0.4, 0.5) is 0 Å². The maximum Gasteiger partial charge on any atom is 0.343 e. The molecular formula is C35H30BrCl3N2O8S. The van der Waals surface area contributed by atoms with Gasteiger partial charge in [0.1, 0.15) is 12.4 Å². The van der Waals surface area contributed by atoms with E-state index in [9.17, 15) is 14.4 Å². The summed E-state index contributed by atoms with van der Waals surface area (Å²) in [6, 6.07) is 12.6. The molecule has 1 aliphatic rings. The van der Waals surface area contributed by atoms with E-state index in [1.165, 1.54) is 11.7 Å². The second kappa shape index (κ2) is 16.5. The van der Waals surface area contributed by atoms with Gasteiger partial charge in [0.15, 0.2) is 22.9 Å². The molecule has 0 amide bonds. The molecule has 0 saturated carbocycles. The molecule has 0 saturated heterocycles. The van der Waals surface area contributed by atoms with Gasteiger partial charge < -0.3 is 23.7 Å². The van der Waals surface area contributed by atoms with Crippen LogP contribution < -0.4 is 29.1 Å². The van der Waals surface area contributed by atoms with Gasteiger partial charge in [0, 0.05) is 10.6 Å². The lowest BCUT2D eigenvalue weighted by molar-refractivity contribution is -0.143. The van der Waals surface area contributed by atoms with Crippen LogP contribution >= 0.6 is 62.1 Å². The van der Waals surface area contributed by atoms with Gasteiger partial charge in [-0.15, -0.1) is 0 Å². The molecule has 5 rings (SSSR count). The van der Waals surface area contributed by atoms with Crippen LogP contribution in [-0.4, -0.2) is 43.4 Å². The maximum atomic E-state index is 14.3. The number of halogens is 4. The van der Waals surface area contributed by atoms with Gasteiger partial charge in [-0.1, -0.05) is 58.3 Å². The SMILES string of the molecule is CCOC(=O)C1=C(C)N=c2s/c(=C/c3cc(Cl)cc(Br)c3OCc3ccc(Cl)c(Cl)c3)c(=O)n2[C@@H]1c1ccc(OCC(=O)OC)c(OCC)c1. The smallest absolute Gasteiger partial charge is 0.343 e. The summed E-state index contributed by atoms with van der Waals surface area (Å²) in [5.41, 5.74) is 2.00. The van der Waals surface area contributed by atoms with E-state index in [4.69, 9.17) is 53.8 Å². The number of aromatic nitrogens is 1. The van der Waals surface area contributed by atoms with Gasteiger partial charge >= 0.3 is 11.9 Å². The molecule has 0 aliphatic carbocycles. The van der Waals surface area contributed by atoms with E-state index in [0.29, 0.717) is 57.2 Å². The molecule has 0 unspecified atom stereocenters. The van der Waals surface area contributed by atoms with E-state index in [2.05, 4.69) is 25.7 Å². The van der Waals surface area contributed by atoms with Crippen LogP contribution in [0.25, 0.3) is 6.08 Å². The van der Waals surface area contributed by atoms with Crippen molar-refractivity contribution in [3.8, 4) is 17.2 Å². The molecule has 0 fully saturated rings. The average Bonchev–Trinajstić information content (AvgIpc) is 3.38. The fourth-order valence-corrected chi connectivity index (χ4v) is 7.46. The number of allylic oxidation sites excluding steroid dienone is 1. The summed E-state index contributed by atoms with van der Waals surface area (Å²) in [5.74, 6) is -0.154. The first-order valence-corrected chi connectivity index (χ1v) is 17.9. The fraction of sp³-hybridized carbons (Fsp3) is 0.257. The summed E-state index contributed by atoms with van der Waals surface area (Å²) in [5, 5.41) is 1.23. The second-order valence-corrected chi connectivity index (χ2v) is 13.8. The molecule has 0 bridgehead atoms. The lowest BCUT2D eigenvalue weighted by atomic mass is 9.95. The van der Waals surface area contributed by atoms with Crippen LogP contribution in [0.3, 0.4) is 0 Å². The van der Waals surface area contributed by atoms with Crippen LogP contribution in [0.1, 0.15) is 43.5 Å². The Morgan fingerprint density at radius 2 is 1.76 bits per heavy atom. The highest BCUT2D eigenvalue weighted by molar-refractivity contribution is 9.10. The zero-order valence-electron chi connectivity index (χ0n) is 27.2. The van der Waals surface area contributed by atoms with Crippen molar-refractivity contribution in [3.05, 3.63) is 116 Å². The molecular weight excluding hydrogens is 795 g/mol. The Bertz CT molecular complexity index is 2180. The molecule has 262 valence electrons.